The predicted molar refractivity (Wildman–Crippen MR) is 102 cm³/mol. The molecule has 1 saturated heterocycles. The number of rotatable bonds is 6. The van der Waals surface area contributed by atoms with Crippen LogP contribution in [0.25, 0.3) is 0 Å². The highest BCUT2D eigenvalue weighted by Crippen LogP contribution is 2.27. The molecule has 2 amide bonds. The quantitative estimate of drug-likeness (QED) is 0.752. The maximum Gasteiger partial charge on any atom is 0.255 e. The van der Waals surface area contributed by atoms with Crippen LogP contribution in [0.1, 0.15) is 33.6 Å². The topological polar surface area (TPSA) is 90.7 Å². The van der Waals surface area contributed by atoms with Crippen molar-refractivity contribution in [2.24, 2.45) is 5.73 Å². The van der Waals surface area contributed by atoms with Gasteiger partial charge in [0.2, 0.25) is 0 Å². The molecule has 1 aliphatic rings. The standard InChI is InChI=1S/C19H19BrN2O4/c20-15-10-12(7-8-17(15)26-11-13-4-3-9-25-13)19(24)22-16-6-2-1-5-14(16)18(21)23/h1-2,5-8,10,13H,3-4,9,11H2,(H2,21,23)(H,22,24). The first-order valence-electron chi connectivity index (χ1n) is 8.28. The fourth-order valence-corrected chi connectivity index (χ4v) is 3.21. The van der Waals surface area contributed by atoms with Crippen LogP contribution in [-0.2, 0) is 4.74 Å². The second-order valence-electron chi connectivity index (χ2n) is 5.96. The molecule has 0 spiro atoms. The summed E-state index contributed by atoms with van der Waals surface area (Å²) in [6.07, 6.45) is 2.17. The minimum Gasteiger partial charge on any atom is -0.490 e. The Morgan fingerprint density at radius 2 is 2.08 bits per heavy atom. The number of ether oxygens (including phenoxy) is 2. The zero-order chi connectivity index (χ0) is 18.5. The van der Waals surface area contributed by atoms with Gasteiger partial charge in [-0.25, -0.2) is 0 Å². The van der Waals surface area contributed by atoms with Gasteiger partial charge >= 0.3 is 0 Å². The van der Waals surface area contributed by atoms with Crippen molar-refractivity contribution in [3.05, 3.63) is 58.1 Å². The molecule has 3 N–H and O–H groups in total. The minimum absolute atomic E-state index is 0.121. The van der Waals surface area contributed by atoms with Crippen molar-refractivity contribution in [3.63, 3.8) is 0 Å². The molecule has 2 aromatic carbocycles. The first-order chi connectivity index (χ1) is 12.5. The minimum atomic E-state index is -0.597. The Morgan fingerprint density at radius 3 is 2.77 bits per heavy atom. The van der Waals surface area contributed by atoms with Crippen LogP contribution >= 0.6 is 15.9 Å². The molecular weight excluding hydrogens is 400 g/mol. The third-order valence-electron chi connectivity index (χ3n) is 4.08. The Kier molecular flexibility index (Phi) is 5.90. The fraction of sp³-hybridized carbons (Fsp3) is 0.263. The lowest BCUT2D eigenvalue weighted by Crippen LogP contribution is -2.18. The Balaban J connectivity index is 1.68. The maximum absolute atomic E-state index is 12.5. The van der Waals surface area contributed by atoms with Gasteiger partial charge in [0.25, 0.3) is 11.8 Å². The third kappa shape index (κ3) is 4.42. The summed E-state index contributed by atoms with van der Waals surface area (Å²) in [5.41, 5.74) is 6.40. The highest BCUT2D eigenvalue weighted by molar-refractivity contribution is 9.10. The van der Waals surface area contributed by atoms with Gasteiger partial charge in [0.1, 0.15) is 12.4 Å². The summed E-state index contributed by atoms with van der Waals surface area (Å²) in [4.78, 5) is 23.9. The van der Waals surface area contributed by atoms with Crippen LogP contribution in [0.3, 0.4) is 0 Å². The number of hydrogen-bond acceptors (Lipinski definition) is 4. The molecule has 1 fully saturated rings. The molecule has 0 radical (unpaired) electrons. The number of carbonyl (C=O) groups excluding carboxylic acids is 2. The van der Waals surface area contributed by atoms with Gasteiger partial charge in [0.15, 0.2) is 0 Å². The first kappa shape index (κ1) is 18.4. The number of amides is 2. The number of hydrogen-bond donors (Lipinski definition) is 2. The van der Waals surface area contributed by atoms with Crippen LogP contribution < -0.4 is 15.8 Å². The Morgan fingerprint density at radius 1 is 1.27 bits per heavy atom. The zero-order valence-electron chi connectivity index (χ0n) is 14.0. The molecule has 0 aromatic heterocycles. The van der Waals surface area contributed by atoms with Crippen molar-refractivity contribution in [2.45, 2.75) is 18.9 Å². The van der Waals surface area contributed by atoms with Gasteiger partial charge in [-0.05, 0) is 59.1 Å². The van der Waals surface area contributed by atoms with E-state index in [4.69, 9.17) is 15.2 Å². The first-order valence-corrected chi connectivity index (χ1v) is 9.08. The van der Waals surface area contributed by atoms with E-state index in [1.54, 1.807) is 42.5 Å². The summed E-state index contributed by atoms with van der Waals surface area (Å²) in [6, 6.07) is 11.7. The van der Waals surface area contributed by atoms with E-state index in [1.807, 2.05) is 0 Å². The van der Waals surface area contributed by atoms with Gasteiger partial charge in [-0.15, -0.1) is 0 Å². The van der Waals surface area contributed by atoms with Crippen molar-refractivity contribution < 1.29 is 19.1 Å². The van der Waals surface area contributed by atoms with Gasteiger partial charge in [-0.2, -0.15) is 0 Å². The maximum atomic E-state index is 12.5. The Labute approximate surface area is 159 Å². The molecule has 26 heavy (non-hydrogen) atoms. The van der Waals surface area contributed by atoms with E-state index in [0.29, 0.717) is 28.1 Å². The van der Waals surface area contributed by atoms with Crippen LogP contribution in [0, 0.1) is 0 Å². The van der Waals surface area contributed by atoms with E-state index in [9.17, 15) is 9.59 Å². The van der Waals surface area contributed by atoms with E-state index in [-0.39, 0.29) is 17.6 Å². The van der Waals surface area contributed by atoms with Crippen LogP contribution in [0.15, 0.2) is 46.9 Å². The van der Waals surface area contributed by atoms with Gasteiger partial charge in [-0.1, -0.05) is 12.1 Å². The Bertz CT molecular complexity index is 819. The summed E-state index contributed by atoms with van der Waals surface area (Å²) in [5, 5.41) is 2.71. The molecule has 1 atom stereocenters. The number of para-hydroxylation sites is 1. The van der Waals surface area contributed by atoms with Crippen LogP contribution in [0.4, 0.5) is 5.69 Å². The van der Waals surface area contributed by atoms with E-state index >= 15 is 0 Å². The van der Waals surface area contributed by atoms with Gasteiger partial charge in [0.05, 0.1) is 21.8 Å². The number of nitrogens with one attached hydrogen (secondary N) is 1. The molecular formula is C19H19BrN2O4. The average molecular weight is 419 g/mol. The lowest BCUT2D eigenvalue weighted by molar-refractivity contribution is 0.0677. The molecule has 6 nitrogen and oxygen atoms in total. The number of nitrogens with two attached hydrogens (primary N) is 1. The molecule has 1 aliphatic heterocycles. The van der Waals surface area contributed by atoms with Crippen LogP contribution in [0.5, 0.6) is 5.75 Å². The van der Waals surface area contributed by atoms with E-state index in [2.05, 4.69) is 21.2 Å². The normalized spacial score (nSPS) is 16.3. The zero-order valence-corrected chi connectivity index (χ0v) is 15.6. The van der Waals surface area contributed by atoms with Crippen molar-refractivity contribution in [3.8, 4) is 5.75 Å². The molecule has 136 valence electrons. The number of primary amides is 1. The largest absolute Gasteiger partial charge is 0.490 e. The summed E-state index contributed by atoms with van der Waals surface area (Å²) in [6.45, 7) is 1.26. The van der Waals surface area contributed by atoms with E-state index in [0.717, 1.165) is 19.4 Å². The van der Waals surface area contributed by atoms with Gasteiger partial charge < -0.3 is 20.5 Å². The summed E-state index contributed by atoms with van der Waals surface area (Å²) in [7, 11) is 0. The van der Waals surface area contributed by atoms with E-state index < -0.39 is 5.91 Å². The fourth-order valence-electron chi connectivity index (χ4n) is 2.72. The SMILES string of the molecule is NC(=O)c1ccccc1NC(=O)c1ccc(OCC2CCCO2)c(Br)c1. The Hall–Kier alpha value is -2.38. The highest BCUT2D eigenvalue weighted by atomic mass is 79.9. The molecule has 0 bridgehead atoms. The van der Waals surface area contributed by atoms with Crippen LogP contribution in [0.2, 0.25) is 0 Å². The molecule has 0 saturated carbocycles. The number of halogens is 1. The molecule has 1 unspecified atom stereocenters. The molecule has 0 aliphatic carbocycles. The van der Waals surface area contributed by atoms with Crippen molar-refractivity contribution in [1.29, 1.82) is 0 Å². The number of anilines is 1. The second kappa shape index (κ2) is 8.33. The molecule has 2 aromatic rings. The lowest BCUT2D eigenvalue weighted by atomic mass is 10.1. The van der Waals surface area contributed by atoms with Crippen molar-refractivity contribution >= 4 is 33.4 Å². The van der Waals surface area contributed by atoms with Gasteiger partial charge in [-0.3, -0.25) is 9.59 Å². The summed E-state index contributed by atoms with van der Waals surface area (Å²) >= 11 is 3.43. The smallest absolute Gasteiger partial charge is 0.255 e. The summed E-state index contributed by atoms with van der Waals surface area (Å²) in [5.74, 6) is -0.292. The second-order valence-corrected chi connectivity index (χ2v) is 6.81. The van der Waals surface area contributed by atoms with E-state index in [1.165, 1.54) is 0 Å². The van der Waals surface area contributed by atoms with Gasteiger partial charge in [0, 0.05) is 12.2 Å². The third-order valence-corrected chi connectivity index (χ3v) is 4.70. The number of benzene rings is 2. The highest BCUT2D eigenvalue weighted by Gasteiger charge is 2.17. The molecule has 1 heterocycles. The lowest BCUT2D eigenvalue weighted by Gasteiger charge is -2.14. The number of carbonyl (C=O) groups is 2. The monoisotopic (exact) mass is 418 g/mol. The van der Waals surface area contributed by atoms with Crippen LogP contribution in [-0.4, -0.2) is 31.1 Å². The predicted octanol–water partition coefficient (Wildman–Crippen LogP) is 3.36. The van der Waals surface area contributed by atoms with Crippen molar-refractivity contribution in [2.75, 3.05) is 18.5 Å². The average Bonchev–Trinajstić information content (AvgIpc) is 3.14. The summed E-state index contributed by atoms with van der Waals surface area (Å²) < 4.78 is 12.0. The van der Waals surface area contributed by atoms with Crippen molar-refractivity contribution in [1.82, 2.24) is 0 Å². The molecule has 3 rings (SSSR count). The molecule has 7 heteroatoms.